The molecule has 0 spiro atoms. The Balaban J connectivity index is 2.52. The van der Waals surface area contributed by atoms with E-state index in [1.807, 2.05) is 31.1 Å². The molecule has 0 radical (unpaired) electrons. The standard InChI is InChI=1S/C14H22N2O2/c1-16(2)11-9-12(17-3)10(8-13(11)18-4)14(15)6-5-7-14/h8-9H,5-7,15H2,1-4H3. The van der Waals surface area contributed by atoms with Gasteiger partial charge in [-0.1, -0.05) is 0 Å². The van der Waals surface area contributed by atoms with Crippen LogP contribution in [0.3, 0.4) is 0 Å². The van der Waals surface area contributed by atoms with E-state index in [-0.39, 0.29) is 5.54 Å². The monoisotopic (exact) mass is 250 g/mol. The summed E-state index contributed by atoms with van der Waals surface area (Å²) in [5, 5.41) is 0. The molecule has 0 bridgehead atoms. The molecule has 0 aromatic heterocycles. The molecule has 1 aliphatic carbocycles. The molecule has 1 aromatic carbocycles. The highest BCUT2D eigenvalue weighted by molar-refractivity contribution is 5.64. The van der Waals surface area contributed by atoms with Gasteiger partial charge >= 0.3 is 0 Å². The average Bonchev–Trinajstić information content (AvgIpc) is 2.34. The first-order valence-electron chi connectivity index (χ1n) is 6.24. The van der Waals surface area contributed by atoms with E-state index in [2.05, 4.69) is 0 Å². The Labute approximate surface area is 109 Å². The summed E-state index contributed by atoms with van der Waals surface area (Å²) >= 11 is 0. The molecule has 0 amide bonds. The predicted octanol–water partition coefficient (Wildman–Crippen LogP) is 2.11. The normalized spacial score (nSPS) is 16.9. The summed E-state index contributed by atoms with van der Waals surface area (Å²) in [5.74, 6) is 1.69. The van der Waals surface area contributed by atoms with Crippen molar-refractivity contribution in [1.29, 1.82) is 0 Å². The van der Waals surface area contributed by atoms with Crippen molar-refractivity contribution in [2.45, 2.75) is 24.8 Å². The SMILES string of the molecule is COc1cc(C2(N)CCC2)c(OC)cc1N(C)C. The zero-order valence-electron chi connectivity index (χ0n) is 11.6. The molecule has 100 valence electrons. The van der Waals surface area contributed by atoms with Gasteiger partial charge in [0.1, 0.15) is 11.5 Å². The molecular weight excluding hydrogens is 228 g/mol. The van der Waals surface area contributed by atoms with Gasteiger partial charge in [0.15, 0.2) is 0 Å². The van der Waals surface area contributed by atoms with Crippen molar-refractivity contribution in [2.75, 3.05) is 33.2 Å². The second-order valence-corrected chi connectivity index (χ2v) is 5.13. The maximum atomic E-state index is 6.40. The van der Waals surface area contributed by atoms with Crippen LogP contribution in [0.15, 0.2) is 12.1 Å². The second kappa shape index (κ2) is 4.69. The lowest BCUT2D eigenvalue weighted by atomic mass is 9.72. The average molecular weight is 250 g/mol. The topological polar surface area (TPSA) is 47.7 Å². The van der Waals surface area contributed by atoms with Gasteiger partial charge in [0.2, 0.25) is 0 Å². The minimum Gasteiger partial charge on any atom is -0.496 e. The van der Waals surface area contributed by atoms with Crippen LogP contribution in [-0.2, 0) is 5.54 Å². The Morgan fingerprint density at radius 2 is 1.72 bits per heavy atom. The number of nitrogens with two attached hydrogens (primary N) is 1. The summed E-state index contributed by atoms with van der Waals surface area (Å²) in [7, 11) is 7.34. The fraction of sp³-hybridized carbons (Fsp3) is 0.571. The van der Waals surface area contributed by atoms with Crippen molar-refractivity contribution >= 4 is 5.69 Å². The third-order valence-electron chi connectivity index (χ3n) is 3.76. The first-order chi connectivity index (χ1) is 8.51. The van der Waals surface area contributed by atoms with Gasteiger partial charge in [0.25, 0.3) is 0 Å². The van der Waals surface area contributed by atoms with E-state index in [1.54, 1.807) is 14.2 Å². The lowest BCUT2D eigenvalue weighted by molar-refractivity contribution is 0.243. The first-order valence-corrected chi connectivity index (χ1v) is 6.24. The molecule has 0 heterocycles. The van der Waals surface area contributed by atoms with E-state index in [0.29, 0.717) is 0 Å². The summed E-state index contributed by atoms with van der Waals surface area (Å²) in [6.45, 7) is 0. The molecular formula is C14H22N2O2. The van der Waals surface area contributed by atoms with Crippen molar-refractivity contribution in [2.24, 2.45) is 5.73 Å². The minimum atomic E-state index is -0.247. The molecule has 4 heteroatoms. The highest BCUT2D eigenvalue weighted by Crippen LogP contribution is 2.46. The van der Waals surface area contributed by atoms with E-state index in [1.165, 1.54) is 6.42 Å². The van der Waals surface area contributed by atoms with Crippen LogP contribution in [0.25, 0.3) is 0 Å². The highest BCUT2D eigenvalue weighted by Gasteiger charge is 2.37. The summed E-state index contributed by atoms with van der Waals surface area (Å²) in [5.41, 5.74) is 8.21. The van der Waals surface area contributed by atoms with Crippen LogP contribution in [0, 0.1) is 0 Å². The zero-order chi connectivity index (χ0) is 13.3. The largest absolute Gasteiger partial charge is 0.496 e. The highest BCUT2D eigenvalue weighted by atomic mass is 16.5. The molecule has 0 aliphatic heterocycles. The Bertz CT molecular complexity index is 440. The van der Waals surface area contributed by atoms with Crippen molar-refractivity contribution in [3.8, 4) is 11.5 Å². The Kier molecular flexibility index (Phi) is 3.39. The van der Waals surface area contributed by atoms with E-state index in [4.69, 9.17) is 15.2 Å². The number of hydrogen-bond acceptors (Lipinski definition) is 4. The summed E-state index contributed by atoms with van der Waals surface area (Å²) in [6, 6.07) is 4.02. The number of benzene rings is 1. The van der Waals surface area contributed by atoms with Gasteiger partial charge < -0.3 is 20.1 Å². The Hall–Kier alpha value is -1.42. The molecule has 1 aromatic rings. The Morgan fingerprint density at radius 1 is 1.11 bits per heavy atom. The third-order valence-corrected chi connectivity index (χ3v) is 3.76. The van der Waals surface area contributed by atoms with Crippen LogP contribution in [0.4, 0.5) is 5.69 Å². The lowest BCUT2D eigenvalue weighted by Gasteiger charge is -2.39. The Morgan fingerprint density at radius 3 is 2.11 bits per heavy atom. The van der Waals surface area contributed by atoms with Crippen LogP contribution in [0.2, 0.25) is 0 Å². The molecule has 2 N–H and O–H groups in total. The predicted molar refractivity (Wildman–Crippen MR) is 73.6 cm³/mol. The van der Waals surface area contributed by atoms with E-state index < -0.39 is 0 Å². The van der Waals surface area contributed by atoms with Gasteiger partial charge in [0, 0.05) is 31.3 Å². The van der Waals surface area contributed by atoms with Crippen LogP contribution < -0.4 is 20.1 Å². The van der Waals surface area contributed by atoms with Gasteiger partial charge in [-0.2, -0.15) is 0 Å². The fourth-order valence-corrected chi connectivity index (χ4v) is 2.45. The molecule has 0 saturated heterocycles. The van der Waals surface area contributed by atoms with E-state index >= 15 is 0 Å². The van der Waals surface area contributed by atoms with Crippen molar-refractivity contribution in [1.82, 2.24) is 0 Å². The zero-order valence-corrected chi connectivity index (χ0v) is 11.6. The second-order valence-electron chi connectivity index (χ2n) is 5.13. The van der Waals surface area contributed by atoms with Gasteiger partial charge in [-0.05, 0) is 25.3 Å². The number of anilines is 1. The van der Waals surface area contributed by atoms with Crippen molar-refractivity contribution < 1.29 is 9.47 Å². The molecule has 18 heavy (non-hydrogen) atoms. The quantitative estimate of drug-likeness (QED) is 0.889. The number of ether oxygens (including phenoxy) is 2. The summed E-state index contributed by atoms with van der Waals surface area (Å²) in [6.07, 6.45) is 3.19. The van der Waals surface area contributed by atoms with Crippen LogP contribution in [0.1, 0.15) is 24.8 Å². The van der Waals surface area contributed by atoms with Crippen molar-refractivity contribution in [3.05, 3.63) is 17.7 Å². The molecule has 0 unspecified atom stereocenters. The van der Waals surface area contributed by atoms with Gasteiger partial charge in [-0.15, -0.1) is 0 Å². The summed E-state index contributed by atoms with van der Waals surface area (Å²) in [4.78, 5) is 2.01. The first kappa shape index (κ1) is 13.0. The number of nitrogens with zero attached hydrogens (tertiary/aromatic N) is 1. The molecule has 1 saturated carbocycles. The van der Waals surface area contributed by atoms with Crippen LogP contribution >= 0.6 is 0 Å². The third kappa shape index (κ3) is 2.01. The molecule has 0 atom stereocenters. The minimum absolute atomic E-state index is 0.247. The smallest absolute Gasteiger partial charge is 0.142 e. The van der Waals surface area contributed by atoms with Crippen LogP contribution in [0.5, 0.6) is 11.5 Å². The van der Waals surface area contributed by atoms with E-state index in [0.717, 1.165) is 35.6 Å². The summed E-state index contributed by atoms with van der Waals surface area (Å²) < 4.78 is 11.0. The maximum Gasteiger partial charge on any atom is 0.142 e. The van der Waals surface area contributed by atoms with E-state index in [9.17, 15) is 0 Å². The number of methoxy groups -OCH3 is 2. The number of hydrogen-bond donors (Lipinski definition) is 1. The fourth-order valence-electron chi connectivity index (χ4n) is 2.45. The molecule has 1 aliphatic rings. The molecule has 1 fully saturated rings. The molecule has 2 rings (SSSR count). The van der Waals surface area contributed by atoms with Gasteiger partial charge in [-0.25, -0.2) is 0 Å². The number of rotatable bonds is 4. The van der Waals surface area contributed by atoms with Gasteiger partial charge in [-0.3, -0.25) is 0 Å². The van der Waals surface area contributed by atoms with Crippen LogP contribution in [-0.4, -0.2) is 28.3 Å². The van der Waals surface area contributed by atoms with Gasteiger partial charge in [0.05, 0.1) is 19.9 Å². The van der Waals surface area contributed by atoms with Crippen molar-refractivity contribution in [3.63, 3.8) is 0 Å². The molecule has 4 nitrogen and oxygen atoms in total. The lowest BCUT2D eigenvalue weighted by Crippen LogP contribution is -2.43. The maximum absolute atomic E-state index is 6.40.